The predicted molar refractivity (Wildman–Crippen MR) is 139 cm³/mol. The Morgan fingerprint density at radius 1 is 0.892 bits per heavy atom. The van der Waals surface area contributed by atoms with E-state index in [1.165, 1.54) is 12.0 Å². The highest BCUT2D eigenvalue weighted by Crippen LogP contribution is 2.30. The molecule has 7 heteroatoms. The van der Waals surface area contributed by atoms with Crippen LogP contribution in [0.15, 0.2) is 72.8 Å². The second-order valence-electron chi connectivity index (χ2n) is 8.54. The van der Waals surface area contributed by atoms with E-state index in [1.54, 1.807) is 48.5 Å². The molecule has 7 nitrogen and oxygen atoms in total. The standard InChI is InChI=1S/C30H26N2O5/c1-36-27-19-21(18-23(20-31)22-10-4-2-5-11-22)15-16-26(27)37-28(33)14-6-3-9-17-32-29(34)24-12-7-8-13-25(24)30(32)35/h2,4-5,7-8,10-13,15-16,18-19H,3,6,9,14,17H2,1H3/b23-18+. The van der Waals surface area contributed by atoms with Gasteiger partial charge in [0.1, 0.15) is 0 Å². The Hall–Kier alpha value is -4.70. The van der Waals surface area contributed by atoms with Crippen LogP contribution in [-0.4, -0.2) is 36.3 Å². The number of nitrogens with zero attached hydrogens (tertiary/aromatic N) is 2. The molecular weight excluding hydrogens is 468 g/mol. The Morgan fingerprint density at radius 3 is 2.22 bits per heavy atom. The van der Waals surface area contributed by atoms with Crippen LogP contribution in [0.4, 0.5) is 0 Å². The third-order valence-corrected chi connectivity index (χ3v) is 6.07. The van der Waals surface area contributed by atoms with Crippen LogP contribution in [0, 0.1) is 11.3 Å². The molecule has 0 bridgehead atoms. The lowest BCUT2D eigenvalue weighted by atomic mass is 10.0. The van der Waals surface area contributed by atoms with Crippen molar-refractivity contribution in [3.05, 3.63) is 95.1 Å². The third-order valence-electron chi connectivity index (χ3n) is 6.07. The molecule has 1 heterocycles. The van der Waals surface area contributed by atoms with Gasteiger partial charge >= 0.3 is 5.97 Å². The minimum absolute atomic E-state index is 0.194. The van der Waals surface area contributed by atoms with Crippen molar-refractivity contribution in [2.24, 2.45) is 0 Å². The average molecular weight is 495 g/mol. The highest BCUT2D eigenvalue weighted by atomic mass is 16.6. The molecule has 3 aromatic carbocycles. The number of allylic oxidation sites excluding steroid dienone is 1. The maximum Gasteiger partial charge on any atom is 0.311 e. The van der Waals surface area contributed by atoms with Crippen LogP contribution in [0.25, 0.3) is 11.6 Å². The second kappa shape index (κ2) is 11.8. The number of imide groups is 1. The first-order valence-corrected chi connectivity index (χ1v) is 12.0. The minimum Gasteiger partial charge on any atom is -0.493 e. The number of methoxy groups -OCH3 is 1. The lowest BCUT2D eigenvalue weighted by molar-refractivity contribution is -0.134. The normalized spacial score (nSPS) is 12.8. The number of fused-ring (bicyclic) bond motifs is 1. The minimum atomic E-state index is -0.399. The van der Waals surface area contributed by atoms with Crippen LogP contribution >= 0.6 is 0 Å². The predicted octanol–water partition coefficient (Wildman–Crippen LogP) is 5.52. The van der Waals surface area contributed by atoms with Crippen molar-refractivity contribution in [3.8, 4) is 17.6 Å². The highest BCUT2D eigenvalue weighted by Gasteiger charge is 2.34. The van der Waals surface area contributed by atoms with Crippen LogP contribution < -0.4 is 9.47 Å². The average Bonchev–Trinajstić information content (AvgIpc) is 3.17. The number of carbonyl (C=O) groups excluding carboxylic acids is 3. The first kappa shape index (κ1) is 25.4. The highest BCUT2D eigenvalue weighted by molar-refractivity contribution is 6.21. The summed E-state index contributed by atoms with van der Waals surface area (Å²) in [6, 6.07) is 23.5. The van der Waals surface area contributed by atoms with Crippen LogP contribution in [0.3, 0.4) is 0 Å². The van der Waals surface area contributed by atoms with E-state index in [0.717, 1.165) is 11.1 Å². The quantitative estimate of drug-likeness (QED) is 0.0919. The molecule has 0 saturated carbocycles. The van der Waals surface area contributed by atoms with Gasteiger partial charge < -0.3 is 9.47 Å². The van der Waals surface area contributed by atoms with E-state index >= 15 is 0 Å². The van der Waals surface area contributed by atoms with Crippen molar-refractivity contribution in [2.45, 2.75) is 25.7 Å². The number of unbranched alkanes of at least 4 members (excludes halogenated alkanes) is 2. The molecule has 0 aliphatic carbocycles. The van der Waals surface area contributed by atoms with E-state index in [4.69, 9.17) is 9.47 Å². The molecular formula is C30H26N2O5. The molecule has 37 heavy (non-hydrogen) atoms. The van der Waals surface area contributed by atoms with Gasteiger partial charge in [-0.2, -0.15) is 5.26 Å². The second-order valence-corrected chi connectivity index (χ2v) is 8.54. The number of esters is 1. The molecule has 0 N–H and O–H groups in total. The van der Waals surface area contributed by atoms with Gasteiger partial charge in [-0.3, -0.25) is 19.3 Å². The summed E-state index contributed by atoms with van der Waals surface area (Å²) in [4.78, 5) is 38.5. The van der Waals surface area contributed by atoms with E-state index < -0.39 is 5.97 Å². The SMILES string of the molecule is COc1cc(/C=C(\C#N)c2ccccc2)ccc1OC(=O)CCCCCN1C(=O)c2ccccc2C1=O. The van der Waals surface area contributed by atoms with Gasteiger partial charge in [0.15, 0.2) is 11.5 Å². The zero-order valence-corrected chi connectivity index (χ0v) is 20.5. The Labute approximate surface area is 215 Å². The summed E-state index contributed by atoms with van der Waals surface area (Å²) in [5, 5.41) is 9.54. The van der Waals surface area contributed by atoms with Gasteiger partial charge in [-0.05, 0) is 54.3 Å². The molecule has 0 aromatic heterocycles. The summed E-state index contributed by atoms with van der Waals surface area (Å²) in [7, 11) is 1.49. The summed E-state index contributed by atoms with van der Waals surface area (Å²) in [5.41, 5.74) is 2.94. The molecule has 0 radical (unpaired) electrons. The number of ether oxygens (including phenoxy) is 2. The van der Waals surface area contributed by atoms with E-state index in [-0.39, 0.29) is 18.2 Å². The number of rotatable bonds is 10. The molecule has 0 saturated heterocycles. The Bertz CT molecular complexity index is 1350. The maximum absolute atomic E-state index is 12.4. The topological polar surface area (TPSA) is 96.7 Å². The van der Waals surface area contributed by atoms with Crippen LogP contribution in [0.5, 0.6) is 11.5 Å². The molecule has 1 aliphatic heterocycles. The molecule has 0 unspecified atom stereocenters. The summed E-state index contributed by atoms with van der Waals surface area (Å²) in [6.45, 7) is 0.317. The van der Waals surface area contributed by atoms with Crippen molar-refractivity contribution in [1.29, 1.82) is 5.26 Å². The van der Waals surface area contributed by atoms with Crippen molar-refractivity contribution in [2.75, 3.05) is 13.7 Å². The van der Waals surface area contributed by atoms with E-state index in [9.17, 15) is 19.6 Å². The van der Waals surface area contributed by atoms with E-state index in [2.05, 4.69) is 6.07 Å². The summed E-state index contributed by atoms with van der Waals surface area (Å²) >= 11 is 0. The lowest BCUT2D eigenvalue weighted by Crippen LogP contribution is -2.30. The van der Waals surface area contributed by atoms with Crippen LogP contribution in [0.2, 0.25) is 0 Å². The van der Waals surface area contributed by atoms with Crippen molar-refractivity contribution in [1.82, 2.24) is 4.90 Å². The first-order chi connectivity index (χ1) is 18.0. The third kappa shape index (κ3) is 5.93. The smallest absolute Gasteiger partial charge is 0.311 e. The lowest BCUT2D eigenvalue weighted by Gasteiger charge is -2.13. The fourth-order valence-corrected chi connectivity index (χ4v) is 4.15. The molecule has 2 amide bonds. The fraction of sp³-hybridized carbons (Fsp3) is 0.200. The number of amides is 2. The summed E-state index contributed by atoms with van der Waals surface area (Å²) in [6.07, 6.45) is 3.77. The number of carbonyl (C=O) groups is 3. The monoisotopic (exact) mass is 494 g/mol. The van der Waals surface area contributed by atoms with Crippen molar-refractivity contribution < 1.29 is 23.9 Å². The maximum atomic E-state index is 12.4. The van der Waals surface area contributed by atoms with Gasteiger partial charge in [0.25, 0.3) is 11.8 Å². The van der Waals surface area contributed by atoms with E-state index in [0.29, 0.717) is 54.0 Å². The Morgan fingerprint density at radius 2 is 1.57 bits per heavy atom. The molecule has 1 aliphatic rings. The molecule has 0 fully saturated rings. The summed E-state index contributed by atoms with van der Waals surface area (Å²) in [5.74, 6) is -0.247. The van der Waals surface area contributed by atoms with Gasteiger partial charge in [0.05, 0.1) is 29.9 Å². The van der Waals surface area contributed by atoms with Gasteiger partial charge in [-0.15, -0.1) is 0 Å². The van der Waals surface area contributed by atoms with Crippen LogP contribution in [-0.2, 0) is 4.79 Å². The number of benzene rings is 3. The van der Waals surface area contributed by atoms with Crippen molar-refractivity contribution >= 4 is 29.4 Å². The molecule has 4 rings (SSSR count). The van der Waals surface area contributed by atoms with E-state index in [1.807, 2.05) is 30.3 Å². The van der Waals surface area contributed by atoms with Gasteiger partial charge in [0, 0.05) is 13.0 Å². The Balaban J connectivity index is 1.27. The summed E-state index contributed by atoms with van der Waals surface area (Å²) < 4.78 is 10.9. The first-order valence-electron chi connectivity index (χ1n) is 12.0. The van der Waals surface area contributed by atoms with Gasteiger partial charge in [-0.1, -0.05) is 55.0 Å². The zero-order chi connectivity index (χ0) is 26.2. The Kier molecular flexibility index (Phi) is 8.11. The number of hydrogen-bond acceptors (Lipinski definition) is 6. The molecule has 0 atom stereocenters. The zero-order valence-electron chi connectivity index (χ0n) is 20.5. The fourth-order valence-electron chi connectivity index (χ4n) is 4.15. The number of nitriles is 1. The van der Waals surface area contributed by atoms with Crippen LogP contribution in [0.1, 0.15) is 57.5 Å². The number of hydrogen-bond donors (Lipinski definition) is 0. The van der Waals surface area contributed by atoms with Gasteiger partial charge in [-0.25, -0.2) is 0 Å². The largest absolute Gasteiger partial charge is 0.493 e. The molecule has 0 spiro atoms. The molecule has 186 valence electrons. The molecule has 3 aromatic rings. The van der Waals surface area contributed by atoms with Crippen molar-refractivity contribution in [3.63, 3.8) is 0 Å². The van der Waals surface area contributed by atoms with Gasteiger partial charge in [0.2, 0.25) is 0 Å².